The molecule has 27 heavy (non-hydrogen) atoms. The van der Waals surface area contributed by atoms with Crippen LogP contribution in [0.4, 0.5) is 4.39 Å². The number of halogens is 1. The van der Waals surface area contributed by atoms with E-state index in [0.717, 1.165) is 24.0 Å². The smallest absolute Gasteiger partial charge is 0.240 e. The van der Waals surface area contributed by atoms with E-state index in [1.165, 1.54) is 18.2 Å². The van der Waals surface area contributed by atoms with Gasteiger partial charge in [-0.15, -0.1) is 0 Å². The third-order valence-corrected chi connectivity index (χ3v) is 6.43. The van der Waals surface area contributed by atoms with E-state index in [1.54, 1.807) is 38.1 Å². The molecule has 0 aliphatic heterocycles. The maximum Gasteiger partial charge on any atom is 0.240 e. The lowest BCUT2D eigenvalue weighted by Crippen LogP contribution is -2.34. The Balaban J connectivity index is 1.73. The van der Waals surface area contributed by atoms with Crippen LogP contribution in [0.2, 0.25) is 0 Å². The van der Waals surface area contributed by atoms with Gasteiger partial charge in [-0.3, -0.25) is 4.79 Å². The van der Waals surface area contributed by atoms with Gasteiger partial charge >= 0.3 is 0 Å². The Morgan fingerprint density at radius 3 is 2.56 bits per heavy atom. The molecule has 0 radical (unpaired) electrons. The van der Waals surface area contributed by atoms with Crippen LogP contribution in [0.25, 0.3) is 0 Å². The average Bonchev–Trinajstić information content (AvgIpc) is 3.41. The number of sulfonamides is 1. The summed E-state index contributed by atoms with van der Waals surface area (Å²) < 4.78 is 40.0. The van der Waals surface area contributed by atoms with Crippen LogP contribution in [0.3, 0.4) is 0 Å². The first-order valence-corrected chi connectivity index (χ1v) is 10.4. The first kappa shape index (κ1) is 19.5. The van der Waals surface area contributed by atoms with Crippen molar-refractivity contribution in [1.82, 2.24) is 10.0 Å². The van der Waals surface area contributed by atoms with E-state index in [0.29, 0.717) is 12.1 Å². The van der Waals surface area contributed by atoms with E-state index < -0.39 is 15.4 Å². The molecule has 0 bridgehead atoms. The van der Waals surface area contributed by atoms with E-state index in [-0.39, 0.29) is 23.2 Å². The fourth-order valence-corrected chi connectivity index (χ4v) is 4.47. The average molecular weight is 390 g/mol. The van der Waals surface area contributed by atoms with Crippen LogP contribution in [-0.2, 0) is 26.8 Å². The Hall–Kier alpha value is -2.25. The highest BCUT2D eigenvalue weighted by Gasteiger charge is 2.51. The van der Waals surface area contributed by atoms with Gasteiger partial charge in [0.1, 0.15) is 5.82 Å². The number of carbonyl (C=O) groups excluding carboxylic acids is 1. The number of hydrogen-bond donors (Lipinski definition) is 2. The summed E-state index contributed by atoms with van der Waals surface area (Å²) in [5, 5.41) is 2.90. The SMILES string of the molecule is CCNS(=O)(=O)c1cccc(CNC(=O)C2(c3ccc(F)cc3C)CC2)c1. The topological polar surface area (TPSA) is 75.3 Å². The summed E-state index contributed by atoms with van der Waals surface area (Å²) in [6.45, 7) is 4.06. The summed E-state index contributed by atoms with van der Waals surface area (Å²) in [5.74, 6) is -0.427. The predicted molar refractivity (Wildman–Crippen MR) is 101 cm³/mol. The van der Waals surface area contributed by atoms with Crippen molar-refractivity contribution in [2.24, 2.45) is 0 Å². The van der Waals surface area contributed by atoms with E-state index in [1.807, 2.05) is 0 Å². The quantitative estimate of drug-likeness (QED) is 0.763. The van der Waals surface area contributed by atoms with Gasteiger partial charge in [-0.1, -0.05) is 25.1 Å². The summed E-state index contributed by atoms with van der Waals surface area (Å²) in [4.78, 5) is 13.0. The van der Waals surface area contributed by atoms with E-state index in [2.05, 4.69) is 10.0 Å². The van der Waals surface area contributed by atoms with E-state index >= 15 is 0 Å². The largest absolute Gasteiger partial charge is 0.351 e. The van der Waals surface area contributed by atoms with Gasteiger partial charge in [0, 0.05) is 13.1 Å². The van der Waals surface area contributed by atoms with E-state index in [9.17, 15) is 17.6 Å². The highest BCUT2D eigenvalue weighted by molar-refractivity contribution is 7.89. The number of hydrogen-bond acceptors (Lipinski definition) is 3. The molecule has 7 heteroatoms. The molecule has 0 atom stereocenters. The first-order chi connectivity index (χ1) is 12.8. The van der Waals surface area contributed by atoms with Crippen molar-refractivity contribution >= 4 is 15.9 Å². The van der Waals surface area contributed by atoms with Gasteiger partial charge in [0.25, 0.3) is 0 Å². The molecular weight excluding hydrogens is 367 g/mol. The Morgan fingerprint density at radius 1 is 1.19 bits per heavy atom. The molecule has 0 spiro atoms. The van der Waals surface area contributed by atoms with Crippen molar-refractivity contribution in [2.75, 3.05) is 6.54 Å². The minimum Gasteiger partial charge on any atom is -0.351 e. The Labute approximate surface area is 159 Å². The Kier molecular flexibility index (Phi) is 5.35. The van der Waals surface area contributed by atoms with Gasteiger partial charge in [0.05, 0.1) is 10.3 Å². The lowest BCUT2D eigenvalue weighted by molar-refractivity contribution is -0.123. The molecule has 1 aliphatic rings. The maximum atomic E-state index is 13.4. The molecule has 144 valence electrons. The summed E-state index contributed by atoms with van der Waals surface area (Å²) >= 11 is 0. The number of aryl methyl sites for hydroxylation is 1. The summed E-state index contributed by atoms with van der Waals surface area (Å²) in [6, 6.07) is 11.0. The molecule has 0 saturated heterocycles. The predicted octanol–water partition coefficient (Wildman–Crippen LogP) is 2.78. The van der Waals surface area contributed by atoms with Crippen molar-refractivity contribution in [3.63, 3.8) is 0 Å². The third-order valence-electron chi connectivity index (χ3n) is 4.88. The van der Waals surface area contributed by atoms with Crippen LogP contribution >= 0.6 is 0 Å². The number of rotatable bonds is 7. The molecule has 0 heterocycles. The second kappa shape index (κ2) is 7.40. The second-order valence-corrected chi connectivity index (χ2v) is 8.64. The van der Waals surface area contributed by atoms with Gasteiger partial charge in [-0.05, 0) is 60.7 Å². The molecule has 2 N–H and O–H groups in total. The first-order valence-electron chi connectivity index (χ1n) is 8.92. The zero-order valence-electron chi connectivity index (χ0n) is 15.4. The minimum absolute atomic E-state index is 0.114. The molecular formula is C20H23FN2O3S. The molecule has 1 fully saturated rings. The van der Waals surface area contributed by atoms with Crippen LogP contribution < -0.4 is 10.0 Å². The highest BCUT2D eigenvalue weighted by Crippen LogP contribution is 2.49. The van der Waals surface area contributed by atoms with Crippen LogP contribution in [0.15, 0.2) is 47.4 Å². The number of nitrogens with one attached hydrogen (secondary N) is 2. The van der Waals surface area contributed by atoms with Crippen LogP contribution in [0, 0.1) is 12.7 Å². The molecule has 1 amide bonds. The molecule has 1 aliphatic carbocycles. The van der Waals surface area contributed by atoms with Crippen LogP contribution in [0.1, 0.15) is 36.5 Å². The second-order valence-electron chi connectivity index (χ2n) is 6.87. The van der Waals surface area contributed by atoms with Gasteiger partial charge in [-0.25, -0.2) is 17.5 Å². The zero-order valence-corrected chi connectivity index (χ0v) is 16.2. The molecule has 1 saturated carbocycles. The van der Waals surface area contributed by atoms with Crippen molar-refractivity contribution in [1.29, 1.82) is 0 Å². The molecule has 2 aromatic rings. The maximum absolute atomic E-state index is 13.4. The monoisotopic (exact) mass is 390 g/mol. The Morgan fingerprint density at radius 2 is 1.93 bits per heavy atom. The summed E-state index contributed by atoms with van der Waals surface area (Å²) in [7, 11) is -3.54. The number of carbonyl (C=O) groups is 1. The fraction of sp³-hybridized carbons (Fsp3) is 0.350. The number of amides is 1. The van der Waals surface area contributed by atoms with Crippen molar-refractivity contribution in [3.05, 3.63) is 65.0 Å². The van der Waals surface area contributed by atoms with Gasteiger partial charge < -0.3 is 5.32 Å². The Bertz CT molecular complexity index is 969. The standard InChI is InChI=1S/C20H23FN2O3S/c1-3-23-27(25,26)17-6-4-5-15(12-17)13-22-19(24)20(9-10-20)18-8-7-16(21)11-14(18)2/h4-8,11-12,23H,3,9-10,13H2,1-2H3,(H,22,24). The normalized spacial score (nSPS) is 15.4. The molecule has 5 nitrogen and oxygen atoms in total. The zero-order chi connectivity index (χ0) is 19.7. The third kappa shape index (κ3) is 4.04. The van der Waals surface area contributed by atoms with E-state index in [4.69, 9.17) is 0 Å². The lowest BCUT2D eigenvalue weighted by Gasteiger charge is -2.18. The molecule has 0 aromatic heterocycles. The van der Waals surface area contributed by atoms with Crippen molar-refractivity contribution < 1.29 is 17.6 Å². The molecule has 2 aromatic carbocycles. The van der Waals surface area contributed by atoms with Gasteiger partial charge in [-0.2, -0.15) is 0 Å². The van der Waals surface area contributed by atoms with Gasteiger partial charge in [0.2, 0.25) is 15.9 Å². The lowest BCUT2D eigenvalue weighted by atomic mass is 9.91. The van der Waals surface area contributed by atoms with Crippen LogP contribution in [-0.4, -0.2) is 20.9 Å². The number of benzene rings is 2. The summed E-state index contributed by atoms with van der Waals surface area (Å²) in [5.41, 5.74) is 1.71. The van der Waals surface area contributed by atoms with Crippen LogP contribution in [0.5, 0.6) is 0 Å². The highest BCUT2D eigenvalue weighted by atomic mass is 32.2. The van der Waals surface area contributed by atoms with Gasteiger partial charge in [0.15, 0.2) is 0 Å². The molecule has 0 unspecified atom stereocenters. The fourth-order valence-electron chi connectivity index (χ4n) is 3.36. The van der Waals surface area contributed by atoms with Crippen molar-refractivity contribution in [3.8, 4) is 0 Å². The van der Waals surface area contributed by atoms with Crippen molar-refractivity contribution in [2.45, 2.75) is 43.5 Å². The minimum atomic E-state index is -3.54. The summed E-state index contributed by atoms with van der Waals surface area (Å²) in [6.07, 6.45) is 1.44. The molecule has 3 rings (SSSR count).